The van der Waals surface area contributed by atoms with Crippen molar-refractivity contribution in [3.63, 3.8) is 0 Å². The van der Waals surface area contributed by atoms with Gasteiger partial charge in [-0.05, 0) is 18.9 Å². The molecule has 8 heteroatoms. The summed E-state index contributed by atoms with van der Waals surface area (Å²) in [4.78, 5) is 5.65. The lowest BCUT2D eigenvalue weighted by Gasteiger charge is -2.32. The molecule has 0 amide bonds. The van der Waals surface area contributed by atoms with Crippen LogP contribution in [-0.4, -0.2) is 24.1 Å². The van der Waals surface area contributed by atoms with Gasteiger partial charge in [0, 0.05) is 25.3 Å². The van der Waals surface area contributed by atoms with Gasteiger partial charge >= 0.3 is 6.18 Å². The van der Waals surface area contributed by atoms with Gasteiger partial charge in [0.15, 0.2) is 0 Å². The van der Waals surface area contributed by atoms with Crippen LogP contribution in [0.25, 0.3) is 0 Å². The SMILES string of the molecule is Cl.N[C@H]1CCCN(c2ncc(C(F)(F)F)cc2Cl)C1. The highest BCUT2D eigenvalue weighted by Gasteiger charge is 2.32. The van der Waals surface area contributed by atoms with Crippen LogP contribution in [0.3, 0.4) is 0 Å². The van der Waals surface area contributed by atoms with E-state index in [-0.39, 0.29) is 23.5 Å². The van der Waals surface area contributed by atoms with Gasteiger partial charge in [-0.25, -0.2) is 4.98 Å². The minimum Gasteiger partial charge on any atom is -0.354 e. The van der Waals surface area contributed by atoms with Gasteiger partial charge in [0.25, 0.3) is 0 Å². The molecular formula is C11H14Cl2F3N3. The number of anilines is 1. The normalized spacial score (nSPS) is 20.1. The van der Waals surface area contributed by atoms with Gasteiger partial charge in [0.05, 0.1) is 10.6 Å². The fraction of sp³-hybridized carbons (Fsp3) is 0.545. The van der Waals surface area contributed by atoms with Crippen LogP contribution >= 0.6 is 24.0 Å². The summed E-state index contributed by atoms with van der Waals surface area (Å²) in [7, 11) is 0. The molecule has 3 nitrogen and oxygen atoms in total. The maximum atomic E-state index is 12.5. The number of nitrogens with zero attached hydrogens (tertiary/aromatic N) is 2. The number of piperidine rings is 1. The number of hydrogen-bond donors (Lipinski definition) is 1. The van der Waals surface area contributed by atoms with E-state index >= 15 is 0 Å². The Morgan fingerprint density at radius 3 is 2.63 bits per heavy atom. The van der Waals surface area contributed by atoms with Crippen LogP contribution in [-0.2, 0) is 6.18 Å². The van der Waals surface area contributed by atoms with Gasteiger partial charge in [-0.1, -0.05) is 11.6 Å². The Hall–Kier alpha value is -0.720. The van der Waals surface area contributed by atoms with Gasteiger partial charge in [-0.2, -0.15) is 13.2 Å². The van der Waals surface area contributed by atoms with Gasteiger partial charge in [-0.3, -0.25) is 0 Å². The second-order valence-corrected chi connectivity index (χ2v) is 4.78. The number of pyridine rings is 1. The summed E-state index contributed by atoms with van der Waals surface area (Å²) in [6, 6.07) is 0.920. The van der Waals surface area contributed by atoms with Crippen LogP contribution in [0.2, 0.25) is 5.02 Å². The first-order valence-electron chi connectivity index (χ1n) is 5.61. The predicted octanol–water partition coefficient (Wildman–Crippen LogP) is 3.10. The summed E-state index contributed by atoms with van der Waals surface area (Å²) in [6.07, 6.45) is -1.82. The second kappa shape index (κ2) is 6.15. The molecule has 1 aliphatic rings. The molecule has 1 aromatic rings. The van der Waals surface area contributed by atoms with Crippen molar-refractivity contribution in [2.75, 3.05) is 18.0 Å². The highest BCUT2D eigenvalue weighted by Crippen LogP contribution is 2.34. The molecule has 1 fully saturated rings. The summed E-state index contributed by atoms with van der Waals surface area (Å²) in [5, 5.41) is 0.0129. The molecule has 108 valence electrons. The third kappa shape index (κ3) is 3.87. The first kappa shape index (κ1) is 16.3. The van der Waals surface area contributed by atoms with Crippen molar-refractivity contribution in [2.45, 2.75) is 25.1 Å². The Balaban J connectivity index is 0.00000180. The molecule has 19 heavy (non-hydrogen) atoms. The molecule has 2 heterocycles. The van der Waals surface area contributed by atoms with Crippen LogP contribution in [0.4, 0.5) is 19.0 Å². The minimum atomic E-state index is -4.42. The lowest BCUT2D eigenvalue weighted by molar-refractivity contribution is -0.137. The second-order valence-electron chi connectivity index (χ2n) is 4.38. The number of aromatic nitrogens is 1. The van der Waals surface area contributed by atoms with E-state index in [0.29, 0.717) is 18.9 Å². The van der Waals surface area contributed by atoms with Crippen molar-refractivity contribution >= 4 is 29.8 Å². The van der Waals surface area contributed by atoms with E-state index in [4.69, 9.17) is 17.3 Å². The maximum absolute atomic E-state index is 12.5. The van der Waals surface area contributed by atoms with Crippen LogP contribution in [0, 0.1) is 0 Å². The van der Waals surface area contributed by atoms with Crippen LogP contribution in [0.5, 0.6) is 0 Å². The Morgan fingerprint density at radius 1 is 1.42 bits per heavy atom. The molecule has 0 saturated carbocycles. The predicted molar refractivity (Wildman–Crippen MR) is 70.9 cm³/mol. The lowest BCUT2D eigenvalue weighted by atomic mass is 10.1. The smallest absolute Gasteiger partial charge is 0.354 e. The molecule has 1 atom stereocenters. The Bertz CT molecular complexity index is 440. The van der Waals surface area contributed by atoms with E-state index in [1.165, 1.54) is 0 Å². The molecule has 2 N–H and O–H groups in total. The van der Waals surface area contributed by atoms with Crippen molar-refractivity contribution in [1.82, 2.24) is 4.98 Å². The third-order valence-electron chi connectivity index (χ3n) is 2.91. The zero-order chi connectivity index (χ0) is 13.3. The molecule has 0 aromatic carbocycles. The standard InChI is InChI=1S/C11H13ClF3N3.ClH/c12-9-4-7(11(13,14)15)5-17-10(9)18-3-1-2-8(16)6-18;/h4-5,8H,1-3,6,16H2;1H/t8-;/m0./s1. The number of halogens is 5. The van der Waals surface area contributed by atoms with E-state index in [1.807, 2.05) is 4.90 Å². The first-order valence-corrected chi connectivity index (χ1v) is 5.99. The van der Waals surface area contributed by atoms with Crippen molar-refractivity contribution in [1.29, 1.82) is 0 Å². The molecule has 1 saturated heterocycles. The summed E-state index contributed by atoms with van der Waals surface area (Å²) in [5.41, 5.74) is 4.98. The third-order valence-corrected chi connectivity index (χ3v) is 3.18. The Labute approximate surface area is 120 Å². The van der Waals surface area contributed by atoms with E-state index in [9.17, 15) is 13.2 Å². The molecule has 1 aliphatic heterocycles. The molecule has 2 rings (SSSR count). The zero-order valence-corrected chi connectivity index (χ0v) is 11.5. The highest BCUT2D eigenvalue weighted by atomic mass is 35.5. The van der Waals surface area contributed by atoms with Crippen LogP contribution < -0.4 is 10.6 Å². The maximum Gasteiger partial charge on any atom is 0.417 e. The highest BCUT2D eigenvalue weighted by molar-refractivity contribution is 6.33. The van der Waals surface area contributed by atoms with Gasteiger partial charge < -0.3 is 10.6 Å². The van der Waals surface area contributed by atoms with Crippen molar-refractivity contribution in [2.24, 2.45) is 5.73 Å². The Morgan fingerprint density at radius 2 is 2.11 bits per heavy atom. The van der Waals surface area contributed by atoms with Gasteiger partial charge in [0.1, 0.15) is 5.82 Å². The monoisotopic (exact) mass is 315 g/mol. The number of hydrogen-bond acceptors (Lipinski definition) is 3. The summed E-state index contributed by atoms with van der Waals surface area (Å²) in [6.45, 7) is 1.28. The molecule has 1 aromatic heterocycles. The fourth-order valence-corrected chi connectivity index (χ4v) is 2.31. The summed E-state index contributed by atoms with van der Waals surface area (Å²) >= 11 is 5.87. The van der Waals surface area contributed by atoms with Gasteiger partial charge in [0.2, 0.25) is 0 Å². The Kier molecular flexibility index (Phi) is 5.29. The van der Waals surface area contributed by atoms with Crippen molar-refractivity contribution in [3.05, 3.63) is 22.8 Å². The molecular weight excluding hydrogens is 302 g/mol. The first-order chi connectivity index (χ1) is 8.38. The lowest BCUT2D eigenvalue weighted by Crippen LogP contribution is -2.43. The molecule has 0 unspecified atom stereocenters. The number of nitrogens with two attached hydrogens (primary N) is 1. The van der Waals surface area contributed by atoms with E-state index in [0.717, 1.165) is 25.1 Å². The van der Waals surface area contributed by atoms with Crippen molar-refractivity contribution in [3.8, 4) is 0 Å². The molecule has 0 bridgehead atoms. The van der Waals surface area contributed by atoms with Gasteiger partial charge in [-0.15, -0.1) is 12.4 Å². The summed E-state index contributed by atoms with van der Waals surface area (Å²) in [5.74, 6) is 0.375. The summed E-state index contributed by atoms with van der Waals surface area (Å²) < 4.78 is 37.4. The largest absolute Gasteiger partial charge is 0.417 e. The molecule has 0 aliphatic carbocycles. The van der Waals surface area contributed by atoms with Crippen LogP contribution in [0.15, 0.2) is 12.3 Å². The van der Waals surface area contributed by atoms with E-state index < -0.39 is 11.7 Å². The molecule has 0 radical (unpaired) electrons. The quantitative estimate of drug-likeness (QED) is 0.866. The average molecular weight is 316 g/mol. The average Bonchev–Trinajstić information content (AvgIpc) is 2.27. The molecule has 0 spiro atoms. The number of alkyl halides is 3. The minimum absolute atomic E-state index is 0. The zero-order valence-electron chi connectivity index (χ0n) is 9.95. The van der Waals surface area contributed by atoms with E-state index in [1.54, 1.807) is 0 Å². The number of rotatable bonds is 1. The van der Waals surface area contributed by atoms with Crippen molar-refractivity contribution < 1.29 is 13.2 Å². The van der Waals surface area contributed by atoms with Crippen LogP contribution in [0.1, 0.15) is 18.4 Å². The topological polar surface area (TPSA) is 42.1 Å². The fourth-order valence-electron chi connectivity index (χ4n) is 2.02. The van der Waals surface area contributed by atoms with E-state index in [2.05, 4.69) is 4.98 Å².